The van der Waals surface area contributed by atoms with Gasteiger partial charge in [0.05, 0.1) is 0 Å². The molecule has 0 N–H and O–H groups in total. The fraction of sp³-hybridized carbons (Fsp3) is 0. The molecule has 0 saturated heterocycles. The third-order valence-corrected chi connectivity index (χ3v) is 1.20. The lowest BCUT2D eigenvalue weighted by Gasteiger charge is -1.80. The molecule has 0 nitrogen and oxygen atoms in total. The first-order valence-corrected chi connectivity index (χ1v) is 3.19. The summed E-state index contributed by atoms with van der Waals surface area (Å²) < 4.78 is 0. The van der Waals surface area contributed by atoms with Gasteiger partial charge in [0.25, 0.3) is 0 Å². The van der Waals surface area contributed by atoms with Gasteiger partial charge in [0, 0.05) is 5.54 Å². The number of hydrogen-bond acceptors (Lipinski definition) is 0. The Bertz CT molecular complexity index is 181. The predicted molar refractivity (Wildman–Crippen MR) is 41.4 cm³/mol. The minimum Gasteiger partial charge on any atom is -0.0930 e. The van der Waals surface area contributed by atoms with Crippen molar-refractivity contribution in [1.29, 1.82) is 0 Å². The summed E-state index contributed by atoms with van der Waals surface area (Å²) in [5.41, 5.74) is 2.68. The van der Waals surface area contributed by atoms with Crippen molar-refractivity contribution in [3.63, 3.8) is 0 Å². The maximum Gasteiger partial charge on any atom is 0.00426 e. The minimum absolute atomic E-state index is 1.19. The fourth-order valence-corrected chi connectivity index (χ4v) is 0.720. The van der Waals surface area contributed by atoms with Gasteiger partial charge in [0.2, 0.25) is 0 Å². The van der Waals surface area contributed by atoms with Gasteiger partial charge in [-0.25, -0.2) is 0 Å². The Balaban J connectivity index is 2.62. The van der Waals surface area contributed by atoms with Crippen LogP contribution in [0.25, 0.3) is 0 Å². The molecule has 0 fully saturated rings. The molecule has 9 heavy (non-hydrogen) atoms. The van der Waals surface area contributed by atoms with Gasteiger partial charge in [-0.1, -0.05) is 48.1 Å². The summed E-state index contributed by atoms with van der Waals surface area (Å²) in [5, 5.41) is 0. The summed E-state index contributed by atoms with van der Waals surface area (Å²) in [5.74, 6) is 0. The Hall–Kier alpha value is -0.750. The second-order valence-electron chi connectivity index (χ2n) is 1.70. The Morgan fingerprint density at radius 2 is 1.89 bits per heavy atom. The van der Waals surface area contributed by atoms with Crippen molar-refractivity contribution in [3.05, 3.63) is 47.6 Å². The standard InChI is InChI=1S/C8H7Cl/c9-7-3-6-8-4-1-2-5-8/h1-7H/b7-3+. The fourth-order valence-electron chi connectivity index (χ4n) is 0.647. The molecule has 0 aromatic rings. The quantitative estimate of drug-likeness (QED) is 0.523. The Morgan fingerprint density at radius 3 is 2.44 bits per heavy atom. The molecule has 0 saturated carbocycles. The van der Waals surface area contributed by atoms with Gasteiger partial charge in [0.1, 0.15) is 0 Å². The van der Waals surface area contributed by atoms with E-state index in [0.29, 0.717) is 0 Å². The van der Waals surface area contributed by atoms with E-state index in [4.69, 9.17) is 11.6 Å². The predicted octanol–water partition coefficient (Wildman–Crippen LogP) is 2.79. The van der Waals surface area contributed by atoms with Crippen molar-refractivity contribution in [2.45, 2.75) is 0 Å². The Morgan fingerprint density at radius 1 is 1.22 bits per heavy atom. The third-order valence-electron chi connectivity index (χ3n) is 1.05. The maximum atomic E-state index is 5.31. The molecule has 0 bridgehead atoms. The first kappa shape index (κ1) is 6.37. The van der Waals surface area contributed by atoms with Crippen LogP contribution in [0.1, 0.15) is 0 Å². The second-order valence-corrected chi connectivity index (χ2v) is 1.96. The van der Waals surface area contributed by atoms with Crippen LogP contribution in [0.4, 0.5) is 0 Å². The highest BCUT2D eigenvalue weighted by atomic mass is 35.5. The number of halogens is 1. The van der Waals surface area contributed by atoms with Crippen LogP contribution < -0.4 is 0 Å². The monoisotopic (exact) mass is 138 g/mol. The summed E-state index contributed by atoms with van der Waals surface area (Å²) in [7, 11) is 0. The summed E-state index contributed by atoms with van der Waals surface area (Å²) >= 11 is 5.31. The highest BCUT2D eigenvalue weighted by Crippen LogP contribution is 2.06. The van der Waals surface area contributed by atoms with Crippen LogP contribution >= 0.6 is 11.6 Å². The van der Waals surface area contributed by atoms with Crippen molar-refractivity contribution in [2.75, 3.05) is 0 Å². The molecule has 46 valence electrons. The zero-order chi connectivity index (χ0) is 6.53. The van der Waals surface area contributed by atoms with E-state index in [-0.39, 0.29) is 0 Å². The molecule has 0 aliphatic heterocycles. The average Bonchev–Trinajstić information content (AvgIpc) is 2.34. The first-order chi connectivity index (χ1) is 4.43. The van der Waals surface area contributed by atoms with Gasteiger partial charge in [0.15, 0.2) is 0 Å². The Kier molecular flexibility index (Phi) is 2.34. The SMILES string of the molecule is Cl/C=C/C=C1C=CC=C1. The van der Waals surface area contributed by atoms with Crippen LogP contribution in [0.15, 0.2) is 47.6 Å². The third kappa shape index (κ3) is 1.90. The van der Waals surface area contributed by atoms with Crippen LogP contribution in [0.3, 0.4) is 0 Å². The van der Waals surface area contributed by atoms with Gasteiger partial charge in [-0.2, -0.15) is 0 Å². The Labute approximate surface area is 59.8 Å². The molecule has 0 aromatic carbocycles. The molecule has 0 unspecified atom stereocenters. The van der Waals surface area contributed by atoms with E-state index < -0.39 is 0 Å². The largest absolute Gasteiger partial charge is 0.0930 e. The summed E-state index contributed by atoms with van der Waals surface area (Å²) in [4.78, 5) is 0. The zero-order valence-electron chi connectivity index (χ0n) is 4.92. The lowest BCUT2D eigenvalue weighted by molar-refractivity contribution is 1.76. The van der Waals surface area contributed by atoms with E-state index in [1.165, 1.54) is 11.1 Å². The van der Waals surface area contributed by atoms with Crippen LogP contribution in [-0.2, 0) is 0 Å². The van der Waals surface area contributed by atoms with Crippen LogP contribution in [0.2, 0.25) is 0 Å². The number of allylic oxidation sites excluding steroid dienone is 7. The number of hydrogen-bond donors (Lipinski definition) is 0. The lowest BCUT2D eigenvalue weighted by Crippen LogP contribution is -1.60. The number of rotatable bonds is 1. The van der Waals surface area contributed by atoms with Crippen LogP contribution in [-0.4, -0.2) is 0 Å². The van der Waals surface area contributed by atoms with E-state index in [0.717, 1.165) is 0 Å². The van der Waals surface area contributed by atoms with Crippen LogP contribution in [0, 0.1) is 0 Å². The molecule has 0 heterocycles. The molecule has 1 rings (SSSR count). The van der Waals surface area contributed by atoms with Gasteiger partial charge in [-0.15, -0.1) is 0 Å². The van der Waals surface area contributed by atoms with E-state index >= 15 is 0 Å². The van der Waals surface area contributed by atoms with E-state index in [9.17, 15) is 0 Å². The van der Waals surface area contributed by atoms with Crippen molar-refractivity contribution < 1.29 is 0 Å². The average molecular weight is 139 g/mol. The molecule has 1 aliphatic rings. The van der Waals surface area contributed by atoms with Gasteiger partial charge >= 0.3 is 0 Å². The zero-order valence-corrected chi connectivity index (χ0v) is 5.68. The van der Waals surface area contributed by atoms with Crippen molar-refractivity contribution in [1.82, 2.24) is 0 Å². The molecule has 1 aliphatic carbocycles. The topological polar surface area (TPSA) is 0 Å². The van der Waals surface area contributed by atoms with Crippen molar-refractivity contribution >= 4 is 11.6 Å². The van der Waals surface area contributed by atoms with E-state index in [1.54, 1.807) is 6.08 Å². The minimum atomic E-state index is 1.19. The van der Waals surface area contributed by atoms with Gasteiger partial charge in [-0.3, -0.25) is 0 Å². The van der Waals surface area contributed by atoms with E-state index in [2.05, 4.69) is 0 Å². The molecule has 0 spiro atoms. The second kappa shape index (κ2) is 3.31. The molecule has 0 radical (unpaired) electrons. The van der Waals surface area contributed by atoms with Crippen molar-refractivity contribution in [3.8, 4) is 0 Å². The highest BCUT2D eigenvalue weighted by molar-refractivity contribution is 6.25. The molecule has 1 heteroatoms. The smallest absolute Gasteiger partial charge is 0.00426 e. The maximum absolute atomic E-state index is 5.31. The lowest BCUT2D eigenvalue weighted by atomic mass is 10.3. The molecular weight excluding hydrogens is 132 g/mol. The molecule has 0 aromatic heterocycles. The van der Waals surface area contributed by atoms with Crippen LogP contribution in [0.5, 0.6) is 0 Å². The molecular formula is C8H7Cl. The first-order valence-electron chi connectivity index (χ1n) is 2.75. The van der Waals surface area contributed by atoms with Gasteiger partial charge < -0.3 is 0 Å². The molecule has 0 atom stereocenters. The highest BCUT2D eigenvalue weighted by Gasteiger charge is 1.85. The normalized spacial score (nSPS) is 15.9. The summed E-state index contributed by atoms with van der Waals surface area (Å²) in [6.07, 6.45) is 11.8. The van der Waals surface area contributed by atoms with E-state index in [1.807, 2.05) is 30.4 Å². The van der Waals surface area contributed by atoms with Gasteiger partial charge in [-0.05, 0) is 5.57 Å². The summed E-state index contributed by atoms with van der Waals surface area (Å²) in [6, 6.07) is 0. The molecule has 0 amide bonds. The summed E-state index contributed by atoms with van der Waals surface area (Å²) in [6.45, 7) is 0. The van der Waals surface area contributed by atoms with Crippen molar-refractivity contribution in [2.24, 2.45) is 0 Å².